The Hall–Kier alpha value is -13.0. The number of benzene rings is 6. The number of carboxylic acids is 1. The van der Waals surface area contributed by atoms with Gasteiger partial charge in [-0.15, -0.1) is 0 Å². The number of alkyl halides is 8. The number of nitrogens with one attached hydrogen (secondary N) is 4. The highest BCUT2D eigenvalue weighted by atomic mass is 127. The first-order valence-corrected chi connectivity index (χ1v) is 38.5. The Kier molecular flexibility index (Phi) is 27.7. The third-order valence-corrected chi connectivity index (χ3v) is 20.6. The molecule has 121 heavy (non-hydrogen) atoms. The number of nitrogens with two attached hydrogens (primary N) is 1. The molecule has 9 heterocycles. The van der Waals surface area contributed by atoms with Crippen LogP contribution in [0.3, 0.4) is 0 Å². The molecule has 6 atom stereocenters. The Bertz CT molecular complexity index is 5860. The third-order valence-electron chi connectivity index (χ3n) is 20.0. The highest BCUT2D eigenvalue weighted by Crippen LogP contribution is 2.43. The Labute approximate surface area is 699 Å². The summed E-state index contributed by atoms with van der Waals surface area (Å²) in [5.41, 5.74) is 15.2. The van der Waals surface area contributed by atoms with E-state index in [4.69, 9.17) is 5.11 Å². The van der Waals surface area contributed by atoms with Gasteiger partial charge in [-0.05, 0) is 157 Å². The topological polar surface area (TPSA) is 340 Å². The van der Waals surface area contributed by atoms with Gasteiger partial charge in [0.1, 0.15) is 0 Å². The summed E-state index contributed by atoms with van der Waals surface area (Å²) >= 11 is 2.28. The number of aliphatic carboxylic acids is 1. The number of aryl methyl sites for hydroxylation is 6. The van der Waals surface area contributed by atoms with Gasteiger partial charge in [-0.1, -0.05) is 72.8 Å². The average molecular weight is 1790 g/mol. The smallest absolute Gasteiger partial charge is 0.374 e. The second kappa shape index (κ2) is 37.1. The molecular formula is C85H85F8IN16O11. The number of rotatable bonds is 15. The molecule has 6 amide bonds. The van der Waals surface area contributed by atoms with Crippen LogP contribution in [0.15, 0.2) is 215 Å². The number of halogens is 9. The maximum Gasteiger partial charge on any atom is 0.374 e. The van der Waals surface area contributed by atoms with Crippen molar-refractivity contribution in [2.45, 2.75) is 128 Å². The zero-order valence-electron chi connectivity index (χ0n) is 67.1. The largest absolute Gasteiger partial charge is 0.477 e. The van der Waals surface area contributed by atoms with Crippen LogP contribution >= 0.6 is 22.6 Å². The normalized spacial score (nSPS) is 17.0. The average Bonchev–Trinajstić information content (AvgIpc) is 1.61. The minimum atomic E-state index is -3.58. The molecular weight excluding hydrogens is 1700 g/mol. The molecule has 0 saturated carbocycles. The Morgan fingerprint density at radius 3 is 1.06 bits per heavy atom. The van der Waals surface area contributed by atoms with Crippen molar-refractivity contribution in [3.05, 3.63) is 269 Å². The van der Waals surface area contributed by atoms with Crippen LogP contribution in [0.25, 0.3) is 49.8 Å². The van der Waals surface area contributed by atoms with Gasteiger partial charge in [-0.25, -0.2) is 18.8 Å². The molecule has 6 aromatic carbocycles. The van der Waals surface area contributed by atoms with Crippen molar-refractivity contribution in [3.8, 4) is 17.1 Å². The number of hydrogen-bond acceptors (Lipinski definition) is 14. The van der Waals surface area contributed by atoms with Crippen molar-refractivity contribution in [3.63, 3.8) is 0 Å². The van der Waals surface area contributed by atoms with E-state index >= 15 is 0 Å². The van der Waals surface area contributed by atoms with Gasteiger partial charge in [0, 0.05) is 136 Å². The second-order valence-corrected chi connectivity index (χ2v) is 30.4. The lowest BCUT2D eigenvalue weighted by Gasteiger charge is -2.30. The van der Waals surface area contributed by atoms with Gasteiger partial charge in [0.2, 0.25) is 34.4 Å². The van der Waals surface area contributed by atoms with Crippen molar-refractivity contribution < 1.29 is 73.8 Å². The molecule has 1 unspecified atom stereocenters. The maximum absolute atomic E-state index is 13.7. The van der Waals surface area contributed by atoms with Crippen LogP contribution in [0.1, 0.15) is 98.5 Å². The predicted octanol–water partition coefficient (Wildman–Crippen LogP) is 11.6. The summed E-state index contributed by atoms with van der Waals surface area (Å²) in [7, 11) is 6.55. The van der Waals surface area contributed by atoms with Crippen LogP contribution < -0.4 is 53.5 Å². The number of nitrogens with zero attached hydrogens (tertiary/aromatic N) is 11. The number of amides is 6. The fraction of sp³-hybridized carbons (Fsp3) is 0.282. The molecule has 0 bridgehead atoms. The first-order valence-electron chi connectivity index (χ1n) is 37.4. The van der Waals surface area contributed by atoms with E-state index in [1.165, 1.54) is 31.9 Å². The molecule has 15 rings (SSSR count). The maximum atomic E-state index is 13.7. The number of carboxylic acid groups (broad SMARTS) is 1. The molecule has 7 N–H and O–H groups in total. The zero-order valence-corrected chi connectivity index (χ0v) is 69.2. The van der Waals surface area contributed by atoms with Crippen molar-refractivity contribution in [1.82, 2.24) is 64.3 Å². The molecule has 3 aliphatic rings. The molecule has 634 valence electrons. The van der Waals surface area contributed by atoms with E-state index in [1.54, 1.807) is 118 Å². The molecule has 0 spiro atoms. The van der Waals surface area contributed by atoms with Gasteiger partial charge in [0.25, 0.3) is 17.7 Å². The number of aromatic nitrogens is 9. The van der Waals surface area contributed by atoms with Crippen molar-refractivity contribution in [2.24, 2.45) is 26.9 Å². The fourth-order valence-electron chi connectivity index (χ4n) is 13.9. The van der Waals surface area contributed by atoms with Gasteiger partial charge in [-0.2, -0.15) is 50.4 Å². The summed E-state index contributed by atoms with van der Waals surface area (Å²) in [5, 5.41) is 33.1. The zero-order chi connectivity index (χ0) is 88.7. The Balaban J connectivity index is 0.000000170. The number of carbonyl (C=O) groups is 7. The molecule has 0 radical (unpaired) electrons. The molecule has 12 aromatic rings. The van der Waals surface area contributed by atoms with Crippen molar-refractivity contribution in [1.29, 1.82) is 0 Å². The summed E-state index contributed by atoms with van der Waals surface area (Å²) < 4.78 is 114. The van der Waals surface area contributed by atoms with Crippen LogP contribution in [-0.4, -0.2) is 138 Å². The van der Waals surface area contributed by atoms with Gasteiger partial charge < -0.3 is 55.6 Å². The number of hydrogen-bond donors (Lipinski definition) is 6. The summed E-state index contributed by atoms with van der Waals surface area (Å²) in [6, 6.07) is 44.5. The lowest BCUT2D eigenvalue weighted by atomic mass is 9.95. The standard InChI is InChI=1S/2C27H25F2N5O3.C14H16F2N2O2.C13H10IN3O.C3H4F2O2.CH5N/c2*1-16-6-4-5-7-20(16)25-21(31-26(37)27(2,28)29)13-24(36)33(25)18-8-10-22-17(12-18)14-30-34(22)19-9-11-23(35)32(3)15-19;1-8-5-3-4-6-9(8)12-10(7-11(19)18-12)17-13(20)14(2,15)16;1-16-8-11(3-5-13(16)18)17-12-4-2-10(14)6-9(12)7-15-17;1-3(4,5)2(6)7;1-2/h2*4-12,14-15,21,25H,13H2,1-3H3,(H,31,37);3-6,10,12H,7H2,1-2H3,(H,17,20)(H,18,19);2-8H,1H3;1H3,(H,6,7);2H2,1H3/t2*21-,25+;10-,12?;;;/m100.../s1. The van der Waals surface area contributed by atoms with Crippen LogP contribution in [-0.2, 0) is 54.7 Å². The first-order chi connectivity index (χ1) is 57.0. The third kappa shape index (κ3) is 21.0. The molecule has 6 aromatic heterocycles. The number of fused-ring (bicyclic) bond motifs is 3. The molecule has 27 nitrogen and oxygen atoms in total. The minimum Gasteiger partial charge on any atom is -0.477 e. The summed E-state index contributed by atoms with van der Waals surface area (Å²) in [4.78, 5) is 121. The number of pyridine rings is 3. The Morgan fingerprint density at radius 1 is 0.430 bits per heavy atom. The Morgan fingerprint density at radius 2 is 0.736 bits per heavy atom. The van der Waals surface area contributed by atoms with E-state index in [9.17, 15) is 83.1 Å². The quantitative estimate of drug-likeness (QED) is 0.0410. The minimum absolute atomic E-state index is 0.000814. The SMILES string of the molecule is CC(F)(F)C(=O)O.CN.Cc1ccccc1C1NC(=O)C[C@@H]1NC(=O)C(C)(F)F.Cc1ccccc1[C@@H]1[C@@H](NC(=O)C(C)(F)F)CC(=O)N1c1ccc2c(cnn2-c2ccc(=O)n(C)c2)c1.Cc1ccccc1[C@H]1[C@H](NC(=O)C(C)(F)F)CC(=O)N1c1ccc2c(cnn2-c2ccc(=O)n(C)c2)c1.Cn1cc(-n2ncc3cc(I)ccc32)ccc1=O. The molecule has 3 aliphatic heterocycles. The second-order valence-electron chi connectivity index (χ2n) is 29.1. The lowest BCUT2D eigenvalue weighted by molar-refractivity contribution is -0.162. The highest BCUT2D eigenvalue weighted by molar-refractivity contribution is 14.1. The fourth-order valence-corrected chi connectivity index (χ4v) is 14.4. The summed E-state index contributed by atoms with van der Waals surface area (Å²) in [6.07, 6.45) is 10.1. The highest BCUT2D eigenvalue weighted by Gasteiger charge is 2.48. The molecule has 36 heteroatoms. The van der Waals surface area contributed by atoms with Crippen molar-refractivity contribution >= 4 is 108 Å². The van der Waals surface area contributed by atoms with E-state index in [1.807, 2.05) is 135 Å². The van der Waals surface area contributed by atoms with Crippen LogP contribution in [0.4, 0.5) is 46.5 Å². The first kappa shape index (κ1) is 90.3. The van der Waals surface area contributed by atoms with Crippen LogP contribution in [0.5, 0.6) is 0 Å². The van der Waals surface area contributed by atoms with Gasteiger partial charge >= 0.3 is 29.7 Å². The molecule has 0 aliphatic carbocycles. The van der Waals surface area contributed by atoms with Crippen LogP contribution in [0.2, 0.25) is 0 Å². The van der Waals surface area contributed by atoms with Gasteiger partial charge in [-0.3, -0.25) is 43.2 Å². The lowest BCUT2D eigenvalue weighted by Crippen LogP contribution is -2.46. The number of anilines is 2. The van der Waals surface area contributed by atoms with E-state index in [0.717, 1.165) is 71.8 Å². The number of carbonyl (C=O) groups excluding carboxylic acids is 6. The molecule has 3 fully saturated rings. The van der Waals surface area contributed by atoms with Gasteiger partial charge in [0.15, 0.2) is 0 Å². The van der Waals surface area contributed by atoms with E-state index in [2.05, 4.69) is 71.0 Å². The van der Waals surface area contributed by atoms with E-state index in [-0.39, 0.29) is 53.7 Å². The molecule has 3 saturated heterocycles. The van der Waals surface area contributed by atoms with E-state index < -0.39 is 83.6 Å². The summed E-state index contributed by atoms with van der Waals surface area (Å²) in [6.45, 7) is 7.57. The van der Waals surface area contributed by atoms with Crippen LogP contribution in [0, 0.1) is 24.3 Å². The van der Waals surface area contributed by atoms with Crippen molar-refractivity contribution in [2.75, 3.05) is 16.8 Å². The van der Waals surface area contributed by atoms with E-state index in [0.29, 0.717) is 50.4 Å². The predicted molar refractivity (Wildman–Crippen MR) is 446 cm³/mol. The monoisotopic (exact) mass is 1780 g/mol. The summed E-state index contributed by atoms with van der Waals surface area (Å²) in [5.74, 6) is -21.3. The van der Waals surface area contributed by atoms with Gasteiger partial charge in [0.05, 0.1) is 88.5 Å².